The fourth-order valence-electron chi connectivity index (χ4n) is 0.921. The van der Waals surface area contributed by atoms with Crippen molar-refractivity contribution < 1.29 is 0 Å². The van der Waals surface area contributed by atoms with Gasteiger partial charge >= 0.3 is 0 Å². The maximum atomic E-state index is 8.45. The molecule has 0 fully saturated rings. The van der Waals surface area contributed by atoms with E-state index in [1.807, 2.05) is 12.3 Å². The van der Waals surface area contributed by atoms with Crippen LogP contribution in [0.5, 0.6) is 0 Å². The predicted octanol–water partition coefficient (Wildman–Crippen LogP) is 2.37. The molecule has 0 saturated carbocycles. The highest BCUT2D eigenvalue weighted by atomic mass is 15.1. The second-order valence-electron chi connectivity index (χ2n) is 2.75. The Morgan fingerprint density at radius 2 is 1.67 bits per heavy atom. The van der Waals surface area contributed by atoms with Gasteiger partial charge < -0.3 is 4.90 Å². The summed E-state index contributed by atoms with van der Waals surface area (Å²) >= 11 is 0. The molecule has 15 heavy (non-hydrogen) atoms. The summed E-state index contributed by atoms with van der Waals surface area (Å²) in [6.45, 7) is 6.11. The van der Waals surface area contributed by atoms with Gasteiger partial charge in [0.1, 0.15) is 17.7 Å². The van der Waals surface area contributed by atoms with E-state index in [-0.39, 0.29) is 5.57 Å². The third kappa shape index (κ3) is 6.12. The van der Waals surface area contributed by atoms with Crippen LogP contribution in [0.1, 0.15) is 13.8 Å². The number of rotatable bonds is 5. The molecule has 0 aliphatic heterocycles. The highest BCUT2D eigenvalue weighted by molar-refractivity contribution is 5.38. The van der Waals surface area contributed by atoms with Gasteiger partial charge in [0.05, 0.1) is 0 Å². The Kier molecular flexibility index (Phi) is 7.45. The van der Waals surface area contributed by atoms with Gasteiger partial charge in [-0.3, -0.25) is 0 Å². The van der Waals surface area contributed by atoms with Crippen LogP contribution in [0.3, 0.4) is 0 Å². The number of hydrogen-bond acceptors (Lipinski definition) is 3. The minimum absolute atomic E-state index is 0.113. The molecule has 0 rings (SSSR count). The highest BCUT2D eigenvalue weighted by Gasteiger charge is 1.87. The summed E-state index contributed by atoms with van der Waals surface area (Å²) in [6.07, 6.45) is 8.83. The van der Waals surface area contributed by atoms with Gasteiger partial charge in [0, 0.05) is 13.1 Å². The van der Waals surface area contributed by atoms with Crippen molar-refractivity contribution in [3.8, 4) is 12.1 Å². The van der Waals surface area contributed by atoms with Crippen LogP contribution in [-0.2, 0) is 0 Å². The normalized spacial score (nSPS) is 9.87. The topological polar surface area (TPSA) is 50.8 Å². The van der Waals surface area contributed by atoms with Gasteiger partial charge in [-0.25, -0.2) is 0 Å². The second kappa shape index (κ2) is 8.59. The van der Waals surface area contributed by atoms with Crippen LogP contribution in [0.15, 0.2) is 36.1 Å². The fourth-order valence-corrected chi connectivity index (χ4v) is 0.921. The molecular weight excluding hydrogens is 186 g/mol. The molecule has 3 nitrogen and oxygen atoms in total. The largest absolute Gasteiger partial charge is 0.378 e. The molecule has 0 saturated heterocycles. The molecule has 0 spiro atoms. The molecular formula is C12H15N3. The first kappa shape index (κ1) is 13.0. The third-order valence-corrected chi connectivity index (χ3v) is 1.84. The summed E-state index contributed by atoms with van der Waals surface area (Å²) in [6, 6.07) is 3.58. The Morgan fingerprint density at radius 1 is 1.07 bits per heavy atom. The fraction of sp³-hybridized carbons (Fsp3) is 0.333. The summed E-state index contributed by atoms with van der Waals surface area (Å²) in [4.78, 5) is 2.14. The molecule has 0 bridgehead atoms. The maximum absolute atomic E-state index is 8.45. The van der Waals surface area contributed by atoms with Gasteiger partial charge in [0.15, 0.2) is 0 Å². The SMILES string of the molecule is CCN(/C=C/C=C/C=C(C#N)C#N)CC. The van der Waals surface area contributed by atoms with Crippen molar-refractivity contribution in [2.75, 3.05) is 13.1 Å². The lowest BCUT2D eigenvalue weighted by atomic mass is 10.3. The van der Waals surface area contributed by atoms with E-state index >= 15 is 0 Å². The van der Waals surface area contributed by atoms with Gasteiger partial charge in [-0.15, -0.1) is 0 Å². The van der Waals surface area contributed by atoms with E-state index < -0.39 is 0 Å². The van der Waals surface area contributed by atoms with Gasteiger partial charge in [-0.1, -0.05) is 12.2 Å². The number of nitrogens with zero attached hydrogens (tertiary/aromatic N) is 3. The molecule has 0 atom stereocenters. The quantitative estimate of drug-likeness (QED) is 0.507. The Balaban J connectivity index is 4.17. The van der Waals surface area contributed by atoms with Crippen molar-refractivity contribution >= 4 is 0 Å². The zero-order chi connectivity index (χ0) is 11.5. The molecule has 0 aromatic heterocycles. The molecule has 0 aliphatic carbocycles. The number of nitriles is 2. The number of hydrogen-bond donors (Lipinski definition) is 0. The Bertz CT molecular complexity index is 317. The smallest absolute Gasteiger partial charge is 0.129 e. The predicted molar refractivity (Wildman–Crippen MR) is 60.5 cm³/mol. The van der Waals surface area contributed by atoms with Crippen LogP contribution in [0.4, 0.5) is 0 Å². The van der Waals surface area contributed by atoms with Crippen molar-refractivity contribution in [2.24, 2.45) is 0 Å². The van der Waals surface area contributed by atoms with Gasteiger partial charge in [-0.2, -0.15) is 10.5 Å². The molecule has 3 heteroatoms. The van der Waals surface area contributed by atoms with Crippen LogP contribution in [0.25, 0.3) is 0 Å². The van der Waals surface area contributed by atoms with E-state index in [9.17, 15) is 0 Å². The Hall–Kier alpha value is -2.00. The van der Waals surface area contributed by atoms with E-state index in [4.69, 9.17) is 10.5 Å². The lowest BCUT2D eigenvalue weighted by Crippen LogP contribution is -2.14. The van der Waals surface area contributed by atoms with E-state index in [1.165, 1.54) is 6.08 Å². The molecule has 78 valence electrons. The minimum Gasteiger partial charge on any atom is -0.378 e. The minimum atomic E-state index is 0.113. The molecule has 0 unspecified atom stereocenters. The lowest BCUT2D eigenvalue weighted by molar-refractivity contribution is 0.419. The first-order valence-corrected chi connectivity index (χ1v) is 4.87. The van der Waals surface area contributed by atoms with Crippen LogP contribution >= 0.6 is 0 Å². The summed E-state index contributed by atoms with van der Waals surface area (Å²) in [5.41, 5.74) is 0.113. The van der Waals surface area contributed by atoms with Crippen molar-refractivity contribution in [3.63, 3.8) is 0 Å². The summed E-state index contributed by atoms with van der Waals surface area (Å²) in [5, 5.41) is 16.9. The molecule has 0 aliphatic rings. The second-order valence-corrected chi connectivity index (χ2v) is 2.75. The summed E-state index contributed by atoms with van der Waals surface area (Å²) in [7, 11) is 0. The molecule has 0 N–H and O–H groups in total. The first-order valence-electron chi connectivity index (χ1n) is 4.87. The zero-order valence-electron chi connectivity index (χ0n) is 9.14. The van der Waals surface area contributed by atoms with Gasteiger partial charge in [-0.05, 0) is 32.2 Å². The van der Waals surface area contributed by atoms with Gasteiger partial charge in [0.25, 0.3) is 0 Å². The molecule has 0 aromatic carbocycles. The highest BCUT2D eigenvalue weighted by Crippen LogP contribution is 1.92. The summed E-state index contributed by atoms with van der Waals surface area (Å²) < 4.78 is 0. The van der Waals surface area contributed by atoms with Gasteiger partial charge in [0.2, 0.25) is 0 Å². The molecule has 0 amide bonds. The lowest BCUT2D eigenvalue weighted by Gasteiger charge is -2.13. The first-order chi connectivity index (χ1) is 7.28. The Morgan fingerprint density at radius 3 is 2.13 bits per heavy atom. The van der Waals surface area contributed by atoms with E-state index in [0.717, 1.165) is 13.1 Å². The van der Waals surface area contributed by atoms with Crippen molar-refractivity contribution in [1.29, 1.82) is 10.5 Å². The molecule has 0 aromatic rings. The van der Waals surface area contributed by atoms with E-state index in [0.29, 0.717) is 0 Å². The standard InChI is InChI=1S/C12H15N3/c1-3-15(4-2)9-7-5-6-8-12(10-13)11-14/h5-9H,3-4H2,1-2H3/b6-5+,9-7+. The maximum Gasteiger partial charge on any atom is 0.129 e. The van der Waals surface area contributed by atoms with Crippen LogP contribution in [-0.4, -0.2) is 18.0 Å². The van der Waals surface area contributed by atoms with E-state index in [1.54, 1.807) is 24.3 Å². The monoisotopic (exact) mass is 201 g/mol. The molecule has 0 heterocycles. The summed E-state index contributed by atoms with van der Waals surface area (Å²) in [5.74, 6) is 0. The number of allylic oxidation sites excluding steroid dienone is 5. The average Bonchev–Trinajstić information content (AvgIpc) is 2.29. The zero-order valence-corrected chi connectivity index (χ0v) is 9.14. The Labute approximate surface area is 91.2 Å². The average molecular weight is 201 g/mol. The van der Waals surface area contributed by atoms with Crippen LogP contribution < -0.4 is 0 Å². The third-order valence-electron chi connectivity index (χ3n) is 1.84. The van der Waals surface area contributed by atoms with Crippen molar-refractivity contribution in [2.45, 2.75) is 13.8 Å². The molecule has 0 radical (unpaired) electrons. The van der Waals surface area contributed by atoms with Crippen molar-refractivity contribution in [3.05, 3.63) is 36.1 Å². The van der Waals surface area contributed by atoms with Crippen molar-refractivity contribution in [1.82, 2.24) is 4.90 Å². The van der Waals surface area contributed by atoms with Crippen LogP contribution in [0, 0.1) is 22.7 Å². The van der Waals surface area contributed by atoms with Crippen LogP contribution in [0.2, 0.25) is 0 Å². The van der Waals surface area contributed by atoms with E-state index in [2.05, 4.69) is 18.7 Å².